The van der Waals surface area contributed by atoms with Gasteiger partial charge in [0.1, 0.15) is 0 Å². The molecule has 2 N–H and O–H groups in total. The SMILES string of the molecule is Cl.NCCc1ccc(-c2ncccc2C(F)(F)F)cc1. The van der Waals surface area contributed by atoms with E-state index in [0.717, 1.165) is 11.6 Å². The monoisotopic (exact) mass is 302 g/mol. The van der Waals surface area contributed by atoms with Gasteiger partial charge in [0.15, 0.2) is 0 Å². The van der Waals surface area contributed by atoms with Crippen molar-refractivity contribution >= 4 is 12.4 Å². The molecule has 0 radical (unpaired) electrons. The van der Waals surface area contributed by atoms with E-state index in [4.69, 9.17) is 5.73 Å². The highest BCUT2D eigenvalue weighted by Crippen LogP contribution is 2.35. The third kappa shape index (κ3) is 3.71. The van der Waals surface area contributed by atoms with E-state index in [1.807, 2.05) is 0 Å². The average molecular weight is 303 g/mol. The zero-order chi connectivity index (χ0) is 13.9. The van der Waals surface area contributed by atoms with Crippen LogP contribution in [0.3, 0.4) is 0 Å². The van der Waals surface area contributed by atoms with Gasteiger partial charge in [0.25, 0.3) is 0 Å². The van der Waals surface area contributed by atoms with Crippen LogP contribution in [0.5, 0.6) is 0 Å². The average Bonchev–Trinajstić information content (AvgIpc) is 2.39. The third-order valence-electron chi connectivity index (χ3n) is 2.77. The van der Waals surface area contributed by atoms with Crippen molar-refractivity contribution in [3.05, 3.63) is 53.7 Å². The van der Waals surface area contributed by atoms with E-state index in [9.17, 15) is 13.2 Å². The predicted octanol–water partition coefficient (Wildman–Crippen LogP) is 3.69. The highest BCUT2D eigenvalue weighted by Gasteiger charge is 2.34. The van der Waals surface area contributed by atoms with Gasteiger partial charge in [-0.15, -0.1) is 12.4 Å². The molecule has 1 heterocycles. The second kappa shape index (κ2) is 6.72. The first-order valence-electron chi connectivity index (χ1n) is 5.84. The molecule has 0 unspecified atom stereocenters. The number of alkyl halides is 3. The zero-order valence-corrected chi connectivity index (χ0v) is 11.3. The number of benzene rings is 1. The van der Waals surface area contributed by atoms with E-state index >= 15 is 0 Å². The Kier molecular flexibility index (Phi) is 5.53. The van der Waals surface area contributed by atoms with Crippen LogP contribution in [0.1, 0.15) is 11.1 Å². The Balaban J connectivity index is 0.00000200. The van der Waals surface area contributed by atoms with Crippen molar-refractivity contribution in [2.45, 2.75) is 12.6 Å². The lowest BCUT2D eigenvalue weighted by atomic mass is 10.0. The van der Waals surface area contributed by atoms with Gasteiger partial charge in [0.2, 0.25) is 0 Å². The number of rotatable bonds is 3. The molecule has 108 valence electrons. The van der Waals surface area contributed by atoms with E-state index < -0.39 is 11.7 Å². The molecule has 1 aromatic carbocycles. The number of halogens is 4. The van der Waals surface area contributed by atoms with Crippen LogP contribution in [-0.2, 0) is 12.6 Å². The van der Waals surface area contributed by atoms with Gasteiger partial charge in [-0.1, -0.05) is 24.3 Å². The normalized spacial score (nSPS) is 11.0. The standard InChI is InChI=1S/C14H13F3N2.ClH/c15-14(16,17)12-2-1-9-19-13(12)11-5-3-10(4-6-11)7-8-18;/h1-6,9H,7-8,18H2;1H. The van der Waals surface area contributed by atoms with Gasteiger partial charge in [0.05, 0.1) is 11.3 Å². The Hall–Kier alpha value is -1.59. The maximum atomic E-state index is 12.9. The number of aromatic nitrogens is 1. The van der Waals surface area contributed by atoms with Gasteiger partial charge in [0, 0.05) is 11.8 Å². The minimum Gasteiger partial charge on any atom is -0.330 e. The van der Waals surface area contributed by atoms with Gasteiger partial charge in [-0.25, -0.2) is 0 Å². The minimum atomic E-state index is -4.40. The fraction of sp³-hybridized carbons (Fsp3) is 0.214. The summed E-state index contributed by atoms with van der Waals surface area (Å²) in [5.41, 5.74) is 6.11. The second-order valence-electron chi connectivity index (χ2n) is 4.13. The lowest BCUT2D eigenvalue weighted by Crippen LogP contribution is -2.08. The Bertz CT molecular complexity index is 553. The van der Waals surface area contributed by atoms with Crippen LogP contribution in [-0.4, -0.2) is 11.5 Å². The quantitative estimate of drug-likeness (QED) is 0.939. The van der Waals surface area contributed by atoms with Gasteiger partial charge < -0.3 is 5.73 Å². The van der Waals surface area contributed by atoms with Crippen LogP contribution >= 0.6 is 12.4 Å². The van der Waals surface area contributed by atoms with E-state index in [1.165, 1.54) is 12.3 Å². The number of nitrogens with two attached hydrogens (primary N) is 1. The molecule has 0 amide bonds. The molecule has 0 aliphatic rings. The first kappa shape index (κ1) is 16.5. The van der Waals surface area contributed by atoms with Crippen molar-refractivity contribution in [2.24, 2.45) is 5.73 Å². The second-order valence-corrected chi connectivity index (χ2v) is 4.13. The minimum absolute atomic E-state index is 0. The molecule has 1 aromatic heterocycles. The summed E-state index contributed by atoms with van der Waals surface area (Å²) < 4.78 is 38.6. The van der Waals surface area contributed by atoms with Crippen LogP contribution in [0.2, 0.25) is 0 Å². The van der Waals surface area contributed by atoms with Crippen molar-refractivity contribution in [3.8, 4) is 11.3 Å². The molecule has 20 heavy (non-hydrogen) atoms. The number of pyridine rings is 1. The maximum Gasteiger partial charge on any atom is 0.418 e. The summed E-state index contributed by atoms with van der Waals surface area (Å²) in [6.07, 6.45) is -2.34. The van der Waals surface area contributed by atoms with E-state index in [0.29, 0.717) is 18.5 Å². The van der Waals surface area contributed by atoms with Gasteiger partial charge in [-0.05, 0) is 30.7 Å². The first-order valence-corrected chi connectivity index (χ1v) is 5.84. The molecular weight excluding hydrogens is 289 g/mol. The summed E-state index contributed by atoms with van der Waals surface area (Å²) in [6, 6.07) is 9.16. The van der Waals surface area contributed by atoms with E-state index in [2.05, 4.69) is 4.98 Å². The Labute approximate surface area is 121 Å². The number of hydrogen-bond acceptors (Lipinski definition) is 2. The van der Waals surface area contributed by atoms with Crippen molar-refractivity contribution < 1.29 is 13.2 Å². The summed E-state index contributed by atoms with van der Waals surface area (Å²) in [5, 5.41) is 0. The molecule has 0 bridgehead atoms. The topological polar surface area (TPSA) is 38.9 Å². The Morgan fingerprint density at radius 2 is 1.70 bits per heavy atom. The maximum absolute atomic E-state index is 12.9. The highest BCUT2D eigenvalue weighted by atomic mass is 35.5. The van der Waals surface area contributed by atoms with Gasteiger partial charge in [-0.2, -0.15) is 13.2 Å². The Morgan fingerprint density at radius 3 is 2.25 bits per heavy atom. The van der Waals surface area contributed by atoms with Crippen LogP contribution < -0.4 is 5.73 Å². The zero-order valence-electron chi connectivity index (χ0n) is 10.5. The molecule has 0 aliphatic carbocycles. The molecule has 2 nitrogen and oxygen atoms in total. The summed E-state index contributed by atoms with van der Waals surface area (Å²) >= 11 is 0. The van der Waals surface area contributed by atoms with Crippen molar-refractivity contribution in [3.63, 3.8) is 0 Å². The molecule has 0 aliphatic heterocycles. The lowest BCUT2D eigenvalue weighted by Gasteiger charge is -2.11. The highest BCUT2D eigenvalue weighted by molar-refractivity contribution is 5.85. The van der Waals surface area contributed by atoms with Crippen molar-refractivity contribution in [2.75, 3.05) is 6.54 Å². The van der Waals surface area contributed by atoms with Crippen molar-refractivity contribution in [1.29, 1.82) is 0 Å². The lowest BCUT2D eigenvalue weighted by molar-refractivity contribution is -0.137. The van der Waals surface area contributed by atoms with Crippen LogP contribution in [0.15, 0.2) is 42.6 Å². The Morgan fingerprint density at radius 1 is 1.05 bits per heavy atom. The number of hydrogen-bond donors (Lipinski definition) is 1. The van der Waals surface area contributed by atoms with E-state index in [-0.39, 0.29) is 18.1 Å². The fourth-order valence-electron chi connectivity index (χ4n) is 1.86. The molecule has 0 atom stereocenters. The molecule has 2 rings (SSSR count). The molecule has 0 fully saturated rings. The molecule has 0 spiro atoms. The van der Waals surface area contributed by atoms with Gasteiger partial charge in [-0.3, -0.25) is 4.98 Å². The summed E-state index contributed by atoms with van der Waals surface area (Å²) in [4.78, 5) is 3.85. The molecule has 0 saturated carbocycles. The van der Waals surface area contributed by atoms with E-state index in [1.54, 1.807) is 24.3 Å². The molecule has 2 aromatic rings. The smallest absolute Gasteiger partial charge is 0.330 e. The molecular formula is C14H14ClF3N2. The largest absolute Gasteiger partial charge is 0.418 e. The summed E-state index contributed by atoms with van der Waals surface area (Å²) in [6.45, 7) is 0.511. The van der Waals surface area contributed by atoms with Gasteiger partial charge >= 0.3 is 6.18 Å². The van der Waals surface area contributed by atoms with Crippen LogP contribution in [0.4, 0.5) is 13.2 Å². The summed E-state index contributed by atoms with van der Waals surface area (Å²) in [5.74, 6) is 0. The van der Waals surface area contributed by atoms with Crippen LogP contribution in [0.25, 0.3) is 11.3 Å². The first-order chi connectivity index (χ1) is 9.02. The predicted molar refractivity (Wildman–Crippen MR) is 74.7 cm³/mol. The summed E-state index contributed by atoms with van der Waals surface area (Å²) in [7, 11) is 0. The molecule has 0 saturated heterocycles. The van der Waals surface area contributed by atoms with Crippen molar-refractivity contribution in [1.82, 2.24) is 4.98 Å². The fourth-order valence-corrected chi connectivity index (χ4v) is 1.86. The molecule has 6 heteroatoms. The third-order valence-corrected chi connectivity index (χ3v) is 2.77. The number of nitrogens with zero attached hydrogens (tertiary/aromatic N) is 1. The van der Waals surface area contributed by atoms with Crippen LogP contribution in [0, 0.1) is 0 Å².